The summed E-state index contributed by atoms with van der Waals surface area (Å²) in [7, 11) is 0. The number of nitrogens with zero attached hydrogens (tertiary/aromatic N) is 2. The van der Waals surface area contributed by atoms with Crippen molar-refractivity contribution >= 4 is 5.91 Å². The fraction of sp³-hybridized carbons (Fsp3) is 0.154. The Balaban J connectivity index is 2.27. The van der Waals surface area contributed by atoms with Gasteiger partial charge in [0.1, 0.15) is 11.4 Å². The Morgan fingerprint density at radius 2 is 2.10 bits per heavy atom. The highest BCUT2D eigenvalue weighted by Crippen LogP contribution is 2.16. The molecule has 0 atom stereocenters. The summed E-state index contributed by atoms with van der Waals surface area (Å²) in [5.74, 6) is -0.792. The van der Waals surface area contributed by atoms with Crippen molar-refractivity contribution in [2.45, 2.75) is 13.2 Å². The van der Waals surface area contributed by atoms with Gasteiger partial charge in [-0.05, 0) is 23.8 Å². The van der Waals surface area contributed by atoms with Crippen LogP contribution >= 0.6 is 0 Å². The minimum Gasteiger partial charge on any atom is -0.435 e. The molecule has 2 aromatic rings. The Labute approximate surface area is 117 Å². The van der Waals surface area contributed by atoms with Gasteiger partial charge in [0.2, 0.25) is 0 Å². The van der Waals surface area contributed by atoms with Crippen LogP contribution in [0.5, 0.6) is 5.75 Å². The lowest BCUT2D eigenvalue weighted by Gasteiger charge is -2.08. The molecule has 8 heteroatoms. The van der Waals surface area contributed by atoms with Crippen LogP contribution in [0.25, 0.3) is 0 Å². The zero-order chi connectivity index (χ0) is 15.4. The molecule has 1 heterocycles. The van der Waals surface area contributed by atoms with E-state index in [1.807, 2.05) is 0 Å². The summed E-state index contributed by atoms with van der Waals surface area (Å²) in [6.45, 7) is -2.93. The van der Waals surface area contributed by atoms with Crippen LogP contribution in [-0.2, 0) is 6.54 Å². The van der Waals surface area contributed by atoms with Crippen molar-refractivity contribution in [3.63, 3.8) is 0 Å². The highest BCUT2D eigenvalue weighted by Gasteiger charge is 2.08. The van der Waals surface area contributed by atoms with E-state index >= 15 is 0 Å². The minimum atomic E-state index is -2.93. The number of ether oxygens (including phenoxy) is 1. The molecule has 0 saturated heterocycles. The summed E-state index contributed by atoms with van der Waals surface area (Å²) in [6.07, 6.45) is 0. The van der Waals surface area contributed by atoms with Gasteiger partial charge >= 0.3 is 6.61 Å². The zero-order valence-electron chi connectivity index (χ0n) is 10.7. The van der Waals surface area contributed by atoms with Gasteiger partial charge in [-0.15, -0.1) is 0 Å². The number of primary amides is 1. The number of alkyl halides is 2. The number of hydrogen-bond donors (Lipinski definition) is 1. The van der Waals surface area contributed by atoms with Gasteiger partial charge < -0.3 is 10.5 Å². The van der Waals surface area contributed by atoms with Gasteiger partial charge in [-0.3, -0.25) is 9.59 Å². The molecule has 6 nitrogen and oxygen atoms in total. The quantitative estimate of drug-likeness (QED) is 0.891. The van der Waals surface area contributed by atoms with Gasteiger partial charge in [-0.2, -0.15) is 13.9 Å². The molecule has 0 saturated carbocycles. The zero-order valence-corrected chi connectivity index (χ0v) is 10.7. The van der Waals surface area contributed by atoms with E-state index in [1.54, 1.807) is 6.07 Å². The predicted molar refractivity (Wildman–Crippen MR) is 69.2 cm³/mol. The monoisotopic (exact) mass is 295 g/mol. The molecule has 0 aliphatic heterocycles. The van der Waals surface area contributed by atoms with E-state index in [2.05, 4.69) is 9.84 Å². The molecule has 0 spiro atoms. The molecule has 0 aliphatic carbocycles. The van der Waals surface area contributed by atoms with Crippen LogP contribution in [0.3, 0.4) is 0 Å². The number of amides is 1. The van der Waals surface area contributed by atoms with E-state index in [9.17, 15) is 18.4 Å². The lowest BCUT2D eigenvalue weighted by Crippen LogP contribution is -2.26. The molecule has 21 heavy (non-hydrogen) atoms. The number of carbonyl (C=O) groups is 1. The first-order chi connectivity index (χ1) is 9.95. The van der Waals surface area contributed by atoms with E-state index in [1.165, 1.54) is 24.3 Å². The Hall–Kier alpha value is -2.77. The molecule has 1 aromatic carbocycles. The first-order valence-electron chi connectivity index (χ1n) is 5.87. The van der Waals surface area contributed by atoms with Gasteiger partial charge in [-0.25, -0.2) is 4.68 Å². The molecule has 0 bridgehead atoms. The summed E-state index contributed by atoms with van der Waals surface area (Å²) >= 11 is 0. The van der Waals surface area contributed by atoms with E-state index in [0.29, 0.717) is 5.56 Å². The average Bonchev–Trinajstić information content (AvgIpc) is 2.40. The molecule has 1 aromatic heterocycles. The predicted octanol–water partition coefficient (Wildman–Crippen LogP) is 0.992. The third-order valence-corrected chi connectivity index (χ3v) is 2.58. The van der Waals surface area contributed by atoms with Gasteiger partial charge in [0, 0.05) is 6.07 Å². The first-order valence-corrected chi connectivity index (χ1v) is 5.87. The molecule has 0 radical (unpaired) electrons. The number of aromatic nitrogens is 2. The van der Waals surface area contributed by atoms with Crippen molar-refractivity contribution in [2.75, 3.05) is 0 Å². The molecule has 0 unspecified atom stereocenters. The summed E-state index contributed by atoms with van der Waals surface area (Å²) in [5, 5.41) is 3.80. The molecule has 1 amide bonds. The van der Waals surface area contributed by atoms with Crippen molar-refractivity contribution in [3.05, 3.63) is 58.0 Å². The summed E-state index contributed by atoms with van der Waals surface area (Å²) in [5.41, 5.74) is 5.10. The number of rotatable bonds is 5. The molecule has 0 aliphatic rings. The van der Waals surface area contributed by atoms with Crippen LogP contribution in [0.1, 0.15) is 16.1 Å². The normalized spacial score (nSPS) is 10.6. The summed E-state index contributed by atoms with van der Waals surface area (Å²) in [6, 6.07) is 8.23. The fourth-order valence-electron chi connectivity index (χ4n) is 1.69. The number of halogens is 2. The van der Waals surface area contributed by atoms with Crippen molar-refractivity contribution in [2.24, 2.45) is 5.73 Å². The maximum atomic E-state index is 12.1. The highest BCUT2D eigenvalue weighted by molar-refractivity contribution is 5.90. The smallest absolute Gasteiger partial charge is 0.387 e. The van der Waals surface area contributed by atoms with E-state index in [4.69, 9.17) is 5.73 Å². The van der Waals surface area contributed by atoms with Crippen LogP contribution in [0, 0.1) is 0 Å². The standard InChI is InChI=1S/C13H11F2N3O3/c14-13(15)21-9-3-1-2-8(6-9)7-18-11(19)5-4-10(17-18)12(16)20/h1-6,13H,7H2,(H2,16,20). The lowest BCUT2D eigenvalue weighted by molar-refractivity contribution is -0.0498. The second-order valence-corrected chi connectivity index (χ2v) is 4.10. The van der Waals surface area contributed by atoms with Gasteiger partial charge in [-0.1, -0.05) is 12.1 Å². The second-order valence-electron chi connectivity index (χ2n) is 4.10. The Bertz CT molecular complexity index is 716. The number of hydrogen-bond acceptors (Lipinski definition) is 4. The van der Waals surface area contributed by atoms with Crippen LogP contribution in [-0.4, -0.2) is 22.3 Å². The fourth-order valence-corrected chi connectivity index (χ4v) is 1.69. The molecular weight excluding hydrogens is 284 g/mol. The second kappa shape index (κ2) is 6.12. The average molecular weight is 295 g/mol. The van der Waals surface area contributed by atoms with Crippen molar-refractivity contribution in [3.8, 4) is 5.75 Å². The molecule has 2 rings (SSSR count). The maximum Gasteiger partial charge on any atom is 0.387 e. The maximum absolute atomic E-state index is 12.1. The van der Waals surface area contributed by atoms with Crippen LogP contribution < -0.4 is 16.0 Å². The van der Waals surface area contributed by atoms with Crippen molar-refractivity contribution in [1.29, 1.82) is 0 Å². The number of nitrogens with two attached hydrogens (primary N) is 1. The Morgan fingerprint density at radius 3 is 2.76 bits per heavy atom. The molecule has 110 valence electrons. The Morgan fingerprint density at radius 1 is 1.33 bits per heavy atom. The van der Waals surface area contributed by atoms with E-state index in [0.717, 1.165) is 10.7 Å². The highest BCUT2D eigenvalue weighted by atomic mass is 19.3. The third kappa shape index (κ3) is 3.85. The molecule has 0 fully saturated rings. The van der Waals surface area contributed by atoms with Gasteiger partial charge in [0.05, 0.1) is 6.54 Å². The summed E-state index contributed by atoms with van der Waals surface area (Å²) in [4.78, 5) is 22.7. The van der Waals surface area contributed by atoms with Gasteiger partial charge in [0.15, 0.2) is 0 Å². The number of benzene rings is 1. The first kappa shape index (κ1) is 14.6. The van der Waals surface area contributed by atoms with E-state index < -0.39 is 18.1 Å². The van der Waals surface area contributed by atoms with E-state index in [-0.39, 0.29) is 18.0 Å². The topological polar surface area (TPSA) is 87.2 Å². The van der Waals surface area contributed by atoms with Crippen LogP contribution in [0.15, 0.2) is 41.2 Å². The van der Waals surface area contributed by atoms with Crippen molar-refractivity contribution in [1.82, 2.24) is 9.78 Å². The largest absolute Gasteiger partial charge is 0.435 e. The van der Waals surface area contributed by atoms with Gasteiger partial charge in [0.25, 0.3) is 11.5 Å². The van der Waals surface area contributed by atoms with Crippen LogP contribution in [0.2, 0.25) is 0 Å². The number of carbonyl (C=O) groups excluding carboxylic acids is 1. The Kier molecular flexibility index (Phi) is 4.27. The molecule has 2 N–H and O–H groups in total. The van der Waals surface area contributed by atoms with Crippen LogP contribution in [0.4, 0.5) is 8.78 Å². The SMILES string of the molecule is NC(=O)c1ccc(=O)n(Cc2cccc(OC(F)F)c2)n1. The molecular formula is C13H11F2N3O3. The lowest BCUT2D eigenvalue weighted by atomic mass is 10.2. The van der Waals surface area contributed by atoms with Crippen molar-refractivity contribution < 1.29 is 18.3 Å². The minimum absolute atomic E-state index is 0.000388. The third-order valence-electron chi connectivity index (χ3n) is 2.58. The summed E-state index contributed by atoms with van der Waals surface area (Å²) < 4.78 is 29.6.